The van der Waals surface area contributed by atoms with Gasteiger partial charge in [0.05, 0.1) is 5.52 Å². The van der Waals surface area contributed by atoms with Crippen molar-refractivity contribution in [3.05, 3.63) is 24.3 Å². The summed E-state index contributed by atoms with van der Waals surface area (Å²) in [5, 5.41) is 4.44. The van der Waals surface area contributed by atoms with Crippen LogP contribution in [0.25, 0.3) is 10.9 Å². The summed E-state index contributed by atoms with van der Waals surface area (Å²) in [6, 6.07) is 7.96. The second-order valence-electron chi connectivity index (χ2n) is 4.96. The summed E-state index contributed by atoms with van der Waals surface area (Å²) >= 11 is 0. The fourth-order valence-electron chi connectivity index (χ4n) is 2.41. The maximum Gasteiger partial charge on any atom is 0.222 e. The molecule has 3 N–H and O–H groups in total. The third kappa shape index (κ3) is 2.23. The molecule has 1 fully saturated rings. The van der Waals surface area contributed by atoms with E-state index in [1.807, 2.05) is 24.3 Å². The largest absolute Gasteiger partial charge is 0.369 e. The highest BCUT2D eigenvalue weighted by Crippen LogP contribution is 2.29. The second-order valence-corrected chi connectivity index (χ2v) is 4.96. The van der Waals surface area contributed by atoms with Crippen molar-refractivity contribution < 1.29 is 0 Å². The summed E-state index contributed by atoms with van der Waals surface area (Å²) in [4.78, 5) is 8.53. The third-order valence-electron chi connectivity index (χ3n) is 3.69. The SMILES string of the molecule is Nc1nc(NCCC2CCC2)c2ccccc2n1. The van der Waals surface area contributed by atoms with Gasteiger partial charge in [-0.3, -0.25) is 0 Å². The van der Waals surface area contributed by atoms with Crippen molar-refractivity contribution in [2.24, 2.45) is 5.92 Å². The first kappa shape index (κ1) is 11.3. The van der Waals surface area contributed by atoms with Crippen molar-refractivity contribution >= 4 is 22.7 Å². The van der Waals surface area contributed by atoms with Gasteiger partial charge in [-0.15, -0.1) is 0 Å². The van der Waals surface area contributed by atoms with Crippen LogP contribution in [0.3, 0.4) is 0 Å². The Bertz CT molecular complexity index is 548. The van der Waals surface area contributed by atoms with Gasteiger partial charge in [0.1, 0.15) is 5.82 Å². The Morgan fingerprint density at radius 3 is 2.83 bits per heavy atom. The predicted octanol–water partition coefficient (Wildman–Crippen LogP) is 2.81. The zero-order valence-corrected chi connectivity index (χ0v) is 10.4. The molecular weight excluding hydrogens is 224 g/mol. The van der Waals surface area contributed by atoms with Gasteiger partial charge in [-0.05, 0) is 24.5 Å². The van der Waals surface area contributed by atoms with E-state index in [0.717, 1.165) is 29.2 Å². The number of anilines is 2. The number of nitrogen functional groups attached to an aromatic ring is 1. The summed E-state index contributed by atoms with van der Waals surface area (Å²) in [5.74, 6) is 2.10. The molecule has 1 aliphatic rings. The fraction of sp³-hybridized carbons (Fsp3) is 0.429. The van der Waals surface area contributed by atoms with E-state index >= 15 is 0 Å². The Kier molecular flexibility index (Phi) is 3.00. The number of benzene rings is 1. The quantitative estimate of drug-likeness (QED) is 0.865. The Labute approximate surface area is 107 Å². The number of nitrogens with zero attached hydrogens (tertiary/aromatic N) is 2. The smallest absolute Gasteiger partial charge is 0.222 e. The number of aromatic nitrogens is 2. The number of hydrogen-bond acceptors (Lipinski definition) is 4. The lowest BCUT2D eigenvalue weighted by Gasteiger charge is -2.25. The topological polar surface area (TPSA) is 63.8 Å². The standard InChI is InChI=1S/C14H18N4/c15-14-17-12-7-2-1-6-11(12)13(18-14)16-9-8-10-4-3-5-10/h1-2,6-7,10H,3-5,8-9H2,(H3,15,16,17,18). The molecule has 1 saturated carbocycles. The number of para-hydroxylation sites is 1. The zero-order chi connectivity index (χ0) is 12.4. The van der Waals surface area contributed by atoms with E-state index < -0.39 is 0 Å². The average Bonchev–Trinajstić information content (AvgIpc) is 2.32. The first-order valence-electron chi connectivity index (χ1n) is 6.59. The molecule has 1 aliphatic carbocycles. The second kappa shape index (κ2) is 4.80. The van der Waals surface area contributed by atoms with E-state index in [1.54, 1.807) is 0 Å². The minimum atomic E-state index is 0.333. The number of hydrogen-bond donors (Lipinski definition) is 2. The Morgan fingerprint density at radius 1 is 1.22 bits per heavy atom. The highest BCUT2D eigenvalue weighted by molar-refractivity contribution is 5.89. The van der Waals surface area contributed by atoms with Crippen LogP contribution in [0.4, 0.5) is 11.8 Å². The molecule has 0 aliphatic heterocycles. The van der Waals surface area contributed by atoms with Crippen LogP contribution in [0, 0.1) is 5.92 Å². The fourth-order valence-corrected chi connectivity index (χ4v) is 2.41. The molecule has 0 radical (unpaired) electrons. The molecule has 1 heterocycles. The average molecular weight is 242 g/mol. The number of nitrogens with two attached hydrogens (primary N) is 1. The first-order chi connectivity index (χ1) is 8.83. The van der Waals surface area contributed by atoms with Crippen LogP contribution in [0.15, 0.2) is 24.3 Å². The molecule has 0 amide bonds. The van der Waals surface area contributed by atoms with Gasteiger partial charge >= 0.3 is 0 Å². The molecule has 2 aromatic rings. The van der Waals surface area contributed by atoms with Crippen molar-refractivity contribution in [3.8, 4) is 0 Å². The molecule has 0 atom stereocenters. The van der Waals surface area contributed by atoms with Gasteiger partial charge in [0.25, 0.3) is 0 Å². The molecule has 4 heteroatoms. The van der Waals surface area contributed by atoms with Crippen LogP contribution in [0.2, 0.25) is 0 Å². The molecule has 3 rings (SSSR count). The molecule has 94 valence electrons. The van der Waals surface area contributed by atoms with E-state index in [0.29, 0.717) is 5.95 Å². The number of rotatable bonds is 4. The van der Waals surface area contributed by atoms with E-state index in [1.165, 1.54) is 25.7 Å². The third-order valence-corrected chi connectivity index (χ3v) is 3.69. The number of fused-ring (bicyclic) bond motifs is 1. The lowest BCUT2D eigenvalue weighted by atomic mass is 9.83. The van der Waals surface area contributed by atoms with Crippen molar-refractivity contribution in [2.45, 2.75) is 25.7 Å². The molecule has 0 spiro atoms. The van der Waals surface area contributed by atoms with Crippen LogP contribution in [0.1, 0.15) is 25.7 Å². The van der Waals surface area contributed by atoms with Gasteiger partial charge in [0.15, 0.2) is 0 Å². The summed E-state index contributed by atoms with van der Waals surface area (Å²) in [5.41, 5.74) is 6.63. The molecule has 0 bridgehead atoms. The summed E-state index contributed by atoms with van der Waals surface area (Å²) in [7, 11) is 0. The van der Waals surface area contributed by atoms with Crippen LogP contribution in [-0.2, 0) is 0 Å². The first-order valence-corrected chi connectivity index (χ1v) is 6.59. The van der Waals surface area contributed by atoms with Crippen LogP contribution >= 0.6 is 0 Å². The van der Waals surface area contributed by atoms with Crippen LogP contribution in [0.5, 0.6) is 0 Å². The van der Waals surface area contributed by atoms with E-state index in [9.17, 15) is 0 Å². The Balaban J connectivity index is 1.77. The summed E-state index contributed by atoms with van der Waals surface area (Å²) in [6.07, 6.45) is 5.38. The van der Waals surface area contributed by atoms with Gasteiger partial charge in [-0.25, -0.2) is 4.98 Å². The monoisotopic (exact) mass is 242 g/mol. The molecule has 18 heavy (non-hydrogen) atoms. The van der Waals surface area contributed by atoms with Gasteiger partial charge in [0, 0.05) is 11.9 Å². The Hall–Kier alpha value is -1.84. The van der Waals surface area contributed by atoms with Gasteiger partial charge < -0.3 is 11.1 Å². The Morgan fingerprint density at radius 2 is 2.06 bits per heavy atom. The molecule has 4 nitrogen and oxygen atoms in total. The minimum Gasteiger partial charge on any atom is -0.369 e. The van der Waals surface area contributed by atoms with Crippen molar-refractivity contribution in [2.75, 3.05) is 17.6 Å². The van der Waals surface area contributed by atoms with Gasteiger partial charge in [-0.1, -0.05) is 31.4 Å². The molecule has 0 saturated heterocycles. The maximum atomic E-state index is 5.73. The molecule has 1 aromatic carbocycles. The molecule has 0 unspecified atom stereocenters. The van der Waals surface area contributed by atoms with Crippen molar-refractivity contribution in [1.29, 1.82) is 0 Å². The van der Waals surface area contributed by atoms with E-state index in [-0.39, 0.29) is 0 Å². The van der Waals surface area contributed by atoms with Gasteiger partial charge in [0.2, 0.25) is 5.95 Å². The zero-order valence-electron chi connectivity index (χ0n) is 10.4. The lowest BCUT2D eigenvalue weighted by molar-refractivity contribution is 0.303. The van der Waals surface area contributed by atoms with Crippen molar-refractivity contribution in [1.82, 2.24) is 9.97 Å². The van der Waals surface area contributed by atoms with E-state index in [2.05, 4.69) is 15.3 Å². The highest BCUT2D eigenvalue weighted by Gasteiger charge is 2.16. The maximum absolute atomic E-state index is 5.73. The molecular formula is C14H18N4. The van der Waals surface area contributed by atoms with E-state index in [4.69, 9.17) is 5.73 Å². The van der Waals surface area contributed by atoms with Gasteiger partial charge in [-0.2, -0.15) is 4.98 Å². The normalized spacial score (nSPS) is 15.6. The van der Waals surface area contributed by atoms with Crippen LogP contribution < -0.4 is 11.1 Å². The lowest BCUT2D eigenvalue weighted by Crippen LogP contribution is -2.16. The predicted molar refractivity (Wildman–Crippen MR) is 74.4 cm³/mol. The minimum absolute atomic E-state index is 0.333. The van der Waals surface area contributed by atoms with Crippen molar-refractivity contribution in [3.63, 3.8) is 0 Å². The van der Waals surface area contributed by atoms with Crippen LogP contribution in [-0.4, -0.2) is 16.5 Å². The summed E-state index contributed by atoms with van der Waals surface area (Å²) < 4.78 is 0. The number of nitrogens with one attached hydrogen (secondary N) is 1. The summed E-state index contributed by atoms with van der Waals surface area (Å²) in [6.45, 7) is 0.963. The molecule has 1 aromatic heterocycles. The highest BCUT2D eigenvalue weighted by atomic mass is 15.1.